The minimum absolute atomic E-state index is 0.0404. The van der Waals surface area contributed by atoms with Gasteiger partial charge in [-0.2, -0.15) is 0 Å². The predicted octanol–water partition coefficient (Wildman–Crippen LogP) is 1.09. The normalized spacial score (nSPS) is 11.9. The fourth-order valence-corrected chi connectivity index (χ4v) is 1.49. The zero-order chi connectivity index (χ0) is 13.5. The highest BCUT2D eigenvalue weighted by Crippen LogP contribution is 2.11. The predicted molar refractivity (Wildman–Crippen MR) is 67.3 cm³/mol. The first-order valence-electron chi connectivity index (χ1n) is 5.75. The Morgan fingerprint density at radius 3 is 2.78 bits per heavy atom. The first-order valence-corrected chi connectivity index (χ1v) is 5.75. The van der Waals surface area contributed by atoms with Crippen molar-refractivity contribution in [3.63, 3.8) is 0 Å². The summed E-state index contributed by atoms with van der Waals surface area (Å²) in [6.45, 7) is 2.43. The van der Waals surface area contributed by atoms with Crippen molar-refractivity contribution in [1.82, 2.24) is 4.98 Å². The molecule has 0 aliphatic carbocycles. The lowest BCUT2D eigenvalue weighted by atomic mass is 10.0. The first-order chi connectivity index (χ1) is 8.56. The van der Waals surface area contributed by atoms with E-state index < -0.39 is 5.97 Å². The number of aromatic nitrogens is 1. The molecule has 1 heterocycles. The zero-order valence-corrected chi connectivity index (χ0v) is 10.2. The quantitative estimate of drug-likeness (QED) is 0.702. The number of pyridine rings is 1. The molecule has 18 heavy (non-hydrogen) atoms. The molecule has 1 rings (SSSR count). The van der Waals surface area contributed by atoms with Crippen LogP contribution < -0.4 is 11.1 Å². The van der Waals surface area contributed by atoms with Gasteiger partial charge in [-0.25, -0.2) is 4.79 Å². The average molecular weight is 251 g/mol. The number of hydrogen-bond acceptors (Lipinski definition) is 4. The van der Waals surface area contributed by atoms with E-state index in [1.807, 2.05) is 6.92 Å². The van der Waals surface area contributed by atoms with Gasteiger partial charge in [-0.1, -0.05) is 13.3 Å². The van der Waals surface area contributed by atoms with E-state index in [2.05, 4.69) is 10.3 Å². The second-order valence-electron chi connectivity index (χ2n) is 4.03. The van der Waals surface area contributed by atoms with Gasteiger partial charge in [0.05, 0.1) is 17.4 Å². The molecule has 0 fully saturated rings. The molecule has 0 saturated heterocycles. The molecule has 1 unspecified atom stereocenters. The summed E-state index contributed by atoms with van der Waals surface area (Å²) in [7, 11) is 0. The van der Waals surface area contributed by atoms with Crippen molar-refractivity contribution in [1.29, 1.82) is 0 Å². The molecule has 1 aromatic rings. The molecule has 0 saturated carbocycles. The Bertz CT molecular complexity index is 430. The van der Waals surface area contributed by atoms with Gasteiger partial charge in [-0.05, 0) is 18.5 Å². The number of carboxylic acids is 1. The smallest absolute Gasteiger partial charge is 0.337 e. The number of carbonyl (C=O) groups is 2. The molecular formula is C12H17N3O3. The summed E-state index contributed by atoms with van der Waals surface area (Å²) >= 11 is 0. The van der Waals surface area contributed by atoms with Crippen LogP contribution in [-0.2, 0) is 4.79 Å². The molecule has 0 aliphatic rings. The number of aromatic carboxylic acids is 1. The summed E-state index contributed by atoms with van der Waals surface area (Å²) in [5.41, 5.74) is 5.94. The number of carbonyl (C=O) groups excluding carboxylic acids is 1. The van der Waals surface area contributed by atoms with Crippen molar-refractivity contribution in [3.8, 4) is 0 Å². The molecule has 4 N–H and O–H groups in total. The maximum absolute atomic E-state index is 11.7. The van der Waals surface area contributed by atoms with Crippen molar-refractivity contribution in [2.45, 2.75) is 19.8 Å². The number of rotatable bonds is 6. The van der Waals surface area contributed by atoms with Crippen molar-refractivity contribution < 1.29 is 14.7 Å². The summed E-state index contributed by atoms with van der Waals surface area (Å²) < 4.78 is 0. The van der Waals surface area contributed by atoms with Gasteiger partial charge in [0.25, 0.3) is 0 Å². The van der Waals surface area contributed by atoms with Crippen LogP contribution in [0.3, 0.4) is 0 Å². The number of carboxylic acid groups (broad SMARTS) is 1. The van der Waals surface area contributed by atoms with Crippen molar-refractivity contribution >= 4 is 17.6 Å². The second kappa shape index (κ2) is 6.70. The van der Waals surface area contributed by atoms with Crippen molar-refractivity contribution in [2.24, 2.45) is 11.7 Å². The van der Waals surface area contributed by atoms with Gasteiger partial charge >= 0.3 is 5.97 Å². The van der Waals surface area contributed by atoms with Gasteiger partial charge in [0, 0.05) is 12.6 Å². The maximum Gasteiger partial charge on any atom is 0.337 e. The molecule has 0 bridgehead atoms. The third-order valence-electron chi connectivity index (χ3n) is 2.65. The van der Waals surface area contributed by atoms with Crippen LogP contribution in [0.25, 0.3) is 0 Å². The zero-order valence-electron chi connectivity index (χ0n) is 10.2. The van der Waals surface area contributed by atoms with E-state index in [1.165, 1.54) is 18.5 Å². The van der Waals surface area contributed by atoms with Crippen LogP contribution in [0.15, 0.2) is 18.5 Å². The van der Waals surface area contributed by atoms with Crippen LogP contribution >= 0.6 is 0 Å². The molecule has 0 spiro atoms. The fourth-order valence-electron chi connectivity index (χ4n) is 1.49. The Kier molecular flexibility index (Phi) is 5.26. The van der Waals surface area contributed by atoms with E-state index in [0.717, 1.165) is 6.42 Å². The van der Waals surface area contributed by atoms with Gasteiger partial charge in [-0.15, -0.1) is 0 Å². The Labute approximate surface area is 105 Å². The van der Waals surface area contributed by atoms with Crippen molar-refractivity contribution in [3.05, 3.63) is 24.0 Å². The van der Waals surface area contributed by atoms with Gasteiger partial charge in [-0.3, -0.25) is 9.78 Å². The molecule has 98 valence electrons. The molecule has 6 heteroatoms. The molecule has 1 aromatic heterocycles. The topological polar surface area (TPSA) is 105 Å². The minimum Gasteiger partial charge on any atom is -0.478 e. The summed E-state index contributed by atoms with van der Waals surface area (Å²) in [6.07, 6.45) is 3.79. The summed E-state index contributed by atoms with van der Waals surface area (Å²) in [4.78, 5) is 26.2. The van der Waals surface area contributed by atoms with Crippen LogP contribution in [0.2, 0.25) is 0 Å². The lowest BCUT2D eigenvalue weighted by molar-refractivity contribution is -0.117. The Morgan fingerprint density at radius 1 is 1.50 bits per heavy atom. The van der Waals surface area contributed by atoms with E-state index in [4.69, 9.17) is 10.8 Å². The number of hydrogen-bond donors (Lipinski definition) is 3. The van der Waals surface area contributed by atoms with Crippen LogP contribution in [0, 0.1) is 5.92 Å². The van der Waals surface area contributed by atoms with Crippen LogP contribution in [0.1, 0.15) is 30.1 Å². The van der Waals surface area contributed by atoms with E-state index in [-0.39, 0.29) is 17.4 Å². The molecule has 0 aromatic carbocycles. The highest BCUT2D eigenvalue weighted by molar-refractivity contribution is 5.93. The molecule has 0 radical (unpaired) electrons. The highest BCUT2D eigenvalue weighted by atomic mass is 16.4. The Morgan fingerprint density at radius 2 is 2.22 bits per heavy atom. The largest absolute Gasteiger partial charge is 0.478 e. The summed E-state index contributed by atoms with van der Waals surface area (Å²) in [6, 6.07) is 1.37. The molecule has 1 amide bonds. The summed E-state index contributed by atoms with van der Waals surface area (Å²) in [5, 5.41) is 11.4. The van der Waals surface area contributed by atoms with Gasteiger partial charge in [0.15, 0.2) is 0 Å². The third-order valence-corrected chi connectivity index (χ3v) is 2.65. The van der Waals surface area contributed by atoms with Crippen LogP contribution in [0.4, 0.5) is 5.69 Å². The fraction of sp³-hybridized carbons (Fsp3) is 0.417. The number of nitrogens with two attached hydrogens (primary N) is 1. The third kappa shape index (κ3) is 4.14. The molecular weight excluding hydrogens is 234 g/mol. The number of amides is 1. The standard InChI is InChI=1S/C12H17N3O3/c1-2-8(5-13)3-11(16)15-10-4-9(12(17)18)6-14-7-10/h4,6-8H,2-3,5,13H2,1H3,(H,15,16)(H,17,18). The van der Waals surface area contributed by atoms with Crippen molar-refractivity contribution in [2.75, 3.05) is 11.9 Å². The first kappa shape index (κ1) is 14.1. The average Bonchev–Trinajstić information content (AvgIpc) is 2.36. The number of nitrogens with one attached hydrogen (secondary N) is 1. The van der Waals surface area contributed by atoms with E-state index >= 15 is 0 Å². The number of nitrogens with zero attached hydrogens (tertiary/aromatic N) is 1. The second-order valence-corrected chi connectivity index (χ2v) is 4.03. The van der Waals surface area contributed by atoms with E-state index in [0.29, 0.717) is 18.7 Å². The van der Waals surface area contributed by atoms with E-state index in [1.54, 1.807) is 0 Å². The van der Waals surface area contributed by atoms with Gasteiger partial charge in [0.2, 0.25) is 5.91 Å². The molecule has 0 aliphatic heterocycles. The number of anilines is 1. The summed E-state index contributed by atoms with van der Waals surface area (Å²) in [5.74, 6) is -1.12. The molecule has 1 atom stereocenters. The van der Waals surface area contributed by atoms with Gasteiger partial charge in [0.1, 0.15) is 0 Å². The minimum atomic E-state index is -1.08. The van der Waals surface area contributed by atoms with Crippen LogP contribution in [0.5, 0.6) is 0 Å². The Hall–Kier alpha value is -1.95. The lowest BCUT2D eigenvalue weighted by Gasteiger charge is -2.11. The van der Waals surface area contributed by atoms with Crippen LogP contribution in [-0.4, -0.2) is 28.5 Å². The maximum atomic E-state index is 11.7. The monoisotopic (exact) mass is 251 g/mol. The Balaban J connectivity index is 2.64. The van der Waals surface area contributed by atoms with Gasteiger partial charge < -0.3 is 16.2 Å². The lowest BCUT2D eigenvalue weighted by Crippen LogP contribution is -2.21. The van der Waals surface area contributed by atoms with E-state index in [9.17, 15) is 9.59 Å². The SMILES string of the molecule is CCC(CN)CC(=O)Nc1cncc(C(=O)O)c1. The molecule has 6 nitrogen and oxygen atoms in total. The highest BCUT2D eigenvalue weighted by Gasteiger charge is 2.11.